The summed E-state index contributed by atoms with van der Waals surface area (Å²) in [4.78, 5) is 30.5. The number of ether oxygens (including phenoxy) is 2. The van der Waals surface area contributed by atoms with Crippen molar-refractivity contribution in [2.24, 2.45) is 7.05 Å². The van der Waals surface area contributed by atoms with E-state index in [1.807, 2.05) is 55.6 Å². The topological polar surface area (TPSA) is 80.1 Å². The summed E-state index contributed by atoms with van der Waals surface area (Å²) in [7, 11) is 7.42. The Balaban J connectivity index is 0.000000276. The van der Waals surface area contributed by atoms with Gasteiger partial charge in [-0.1, -0.05) is 58.2 Å². The number of rotatable bonds is 8. The second kappa shape index (κ2) is 15.9. The molecule has 0 bridgehead atoms. The number of fused-ring (bicyclic) bond motifs is 3. The maximum Gasteiger partial charge on any atom is 0.325 e. The molecule has 248 valence electrons. The molecule has 3 aliphatic rings. The van der Waals surface area contributed by atoms with Gasteiger partial charge in [0, 0.05) is 55.5 Å². The number of aryl methyl sites for hydroxylation is 2. The number of hydrogen-bond donors (Lipinski definition) is 0. The van der Waals surface area contributed by atoms with Crippen LogP contribution in [-0.4, -0.2) is 88.5 Å². The third-order valence-electron chi connectivity index (χ3n) is 8.86. The number of urea groups is 1. The van der Waals surface area contributed by atoms with Crippen LogP contribution in [0, 0.1) is 0 Å². The van der Waals surface area contributed by atoms with E-state index in [0.29, 0.717) is 6.54 Å². The first kappa shape index (κ1) is 36.2. The first-order valence-corrected chi connectivity index (χ1v) is 17.0. The van der Waals surface area contributed by atoms with Gasteiger partial charge in [0.05, 0.1) is 37.2 Å². The molecule has 0 N–H and O–H groups in total. The molecule has 3 aliphatic heterocycles. The minimum absolute atomic E-state index is 0.0520. The molecule has 2 amide bonds. The number of likely N-dealkylation sites (N-methyl/N-ethyl adjacent to an activating group) is 1. The number of benzene rings is 1. The molecule has 0 aliphatic carbocycles. The van der Waals surface area contributed by atoms with Crippen molar-refractivity contribution in [1.29, 1.82) is 0 Å². The standard InChI is InChI=1S/C22H31N3O3.C11H16N2OS.C2H6/c1-6-25-21(26)24-14-16-12-17(27-4)13-18(28-5)20(16)15(2)11-19(24)22(25)7-9-23(3)10-8-22;1-5-9-10(6-2)12-13(4)11(9)15-8(3)7-14;1-2/h11-13,15H,6-10,14H2,1-5H3;5,7-8H,1,6H2,2-4H3;1-2H3. The summed E-state index contributed by atoms with van der Waals surface area (Å²) in [5.74, 6) is 1.76. The zero-order valence-electron chi connectivity index (χ0n) is 29.0. The molecule has 10 heteroatoms. The van der Waals surface area contributed by atoms with Crippen LogP contribution in [0.25, 0.3) is 6.08 Å². The fourth-order valence-corrected chi connectivity index (χ4v) is 7.57. The Morgan fingerprint density at radius 2 is 1.82 bits per heavy atom. The zero-order valence-corrected chi connectivity index (χ0v) is 29.8. The fraction of sp³-hybridized carbons (Fsp3) is 0.571. The van der Waals surface area contributed by atoms with Gasteiger partial charge >= 0.3 is 6.03 Å². The number of allylic oxidation sites excluding steroid dienone is 1. The van der Waals surface area contributed by atoms with Gasteiger partial charge in [0.1, 0.15) is 22.8 Å². The Morgan fingerprint density at radius 1 is 1.16 bits per heavy atom. The fourth-order valence-electron chi connectivity index (χ4n) is 6.64. The number of nitrogens with zero attached hydrogens (tertiary/aromatic N) is 5. The van der Waals surface area contributed by atoms with Crippen molar-refractivity contribution in [3.63, 3.8) is 0 Å². The van der Waals surface area contributed by atoms with Crippen LogP contribution in [-0.2, 0) is 24.8 Å². The van der Waals surface area contributed by atoms with Crippen LogP contribution in [0.15, 0.2) is 35.5 Å². The van der Waals surface area contributed by atoms with Crippen LogP contribution in [0.2, 0.25) is 0 Å². The van der Waals surface area contributed by atoms with Gasteiger partial charge in [0.2, 0.25) is 0 Å². The highest BCUT2D eigenvalue weighted by Gasteiger charge is 2.54. The number of thioether (sulfide) groups is 1. The van der Waals surface area contributed by atoms with E-state index in [4.69, 9.17) is 9.47 Å². The van der Waals surface area contributed by atoms with Crippen LogP contribution >= 0.6 is 11.8 Å². The van der Waals surface area contributed by atoms with E-state index >= 15 is 0 Å². The average molecular weight is 640 g/mol. The van der Waals surface area contributed by atoms with Crippen molar-refractivity contribution in [2.75, 3.05) is 40.9 Å². The lowest BCUT2D eigenvalue weighted by atomic mass is 9.82. The smallest absolute Gasteiger partial charge is 0.325 e. The Bertz CT molecular complexity index is 1380. The van der Waals surface area contributed by atoms with Gasteiger partial charge in [-0.25, -0.2) is 4.79 Å². The van der Waals surface area contributed by atoms with Crippen molar-refractivity contribution in [1.82, 2.24) is 24.5 Å². The molecule has 4 heterocycles. The van der Waals surface area contributed by atoms with Gasteiger partial charge in [0.15, 0.2) is 0 Å². The number of methoxy groups -OCH3 is 2. The molecular formula is C35H53N5O4S. The van der Waals surface area contributed by atoms with E-state index in [0.717, 1.165) is 84.1 Å². The summed E-state index contributed by atoms with van der Waals surface area (Å²) in [6.45, 7) is 19.3. The number of likely N-dealkylation sites (tertiary alicyclic amines) is 1. The van der Waals surface area contributed by atoms with Crippen molar-refractivity contribution >= 4 is 30.2 Å². The normalized spacial score (nSPS) is 19.2. The minimum atomic E-state index is -0.189. The lowest BCUT2D eigenvalue weighted by Gasteiger charge is -2.43. The molecule has 9 nitrogen and oxygen atoms in total. The van der Waals surface area contributed by atoms with Gasteiger partial charge < -0.3 is 24.1 Å². The number of carbonyl (C=O) groups is 2. The third kappa shape index (κ3) is 7.12. The molecule has 1 aromatic carbocycles. The van der Waals surface area contributed by atoms with E-state index in [1.165, 1.54) is 17.5 Å². The van der Waals surface area contributed by atoms with Crippen LogP contribution < -0.4 is 9.47 Å². The van der Waals surface area contributed by atoms with E-state index in [1.54, 1.807) is 14.2 Å². The number of carbonyl (C=O) groups excluding carboxylic acids is 2. The van der Waals surface area contributed by atoms with E-state index in [2.05, 4.69) is 55.4 Å². The first-order valence-electron chi connectivity index (χ1n) is 16.1. The largest absolute Gasteiger partial charge is 0.497 e. The number of hydrogen-bond acceptors (Lipinski definition) is 7. The molecule has 1 aromatic heterocycles. The summed E-state index contributed by atoms with van der Waals surface area (Å²) in [5.41, 5.74) is 5.34. The Labute approximate surface area is 274 Å². The van der Waals surface area contributed by atoms with E-state index in [-0.39, 0.29) is 22.7 Å². The SMILES string of the molecule is C=Cc1c(CC)nn(C)c1SC(C)C=O.CC.CCN1C(=O)N2Cc3cc(OC)cc(OC)c3C(C)C=C2C12CCN(C)CC2. The zero-order chi connectivity index (χ0) is 33.5. The van der Waals surface area contributed by atoms with Crippen LogP contribution in [0.3, 0.4) is 0 Å². The van der Waals surface area contributed by atoms with Crippen molar-refractivity contribution in [3.05, 3.63) is 52.9 Å². The highest BCUT2D eigenvalue weighted by molar-refractivity contribution is 8.00. The predicted molar refractivity (Wildman–Crippen MR) is 184 cm³/mol. The second-order valence-corrected chi connectivity index (χ2v) is 12.9. The maximum atomic E-state index is 13.4. The monoisotopic (exact) mass is 639 g/mol. The molecule has 0 saturated carbocycles. The van der Waals surface area contributed by atoms with Gasteiger partial charge in [-0.2, -0.15) is 5.10 Å². The second-order valence-electron chi connectivity index (χ2n) is 11.5. The van der Waals surface area contributed by atoms with Gasteiger partial charge in [-0.05, 0) is 51.8 Å². The van der Waals surface area contributed by atoms with Gasteiger partial charge in [-0.3, -0.25) is 9.58 Å². The molecule has 45 heavy (non-hydrogen) atoms. The quantitative estimate of drug-likeness (QED) is 0.233. The van der Waals surface area contributed by atoms with Crippen LogP contribution in [0.5, 0.6) is 11.5 Å². The van der Waals surface area contributed by atoms with Gasteiger partial charge in [-0.15, -0.1) is 0 Å². The van der Waals surface area contributed by atoms with Crippen LogP contribution in [0.4, 0.5) is 4.79 Å². The third-order valence-corrected chi connectivity index (χ3v) is 10.0. The number of amides is 2. The molecule has 2 saturated heterocycles. The molecule has 1 spiro atoms. The van der Waals surface area contributed by atoms with Crippen molar-refractivity contribution in [3.8, 4) is 11.5 Å². The average Bonchev–Trinajstić information content (AvgIpc) is 3.40. The summed E-state index contributed by atoms with van der Waals surface area (Å²) in [6.07, 6.45) is 7.90. The lowest BCUT2D eigenvalue weighted by Crippen LogP contribution is -2.53. The first-order chi connectivity index (χ1) is 21.6. The van der Waals surface area contributed by atoms with Crippen molar-refractivity contribution in [2.45, 2.75) is 89.1 Å². The number of aldehydes is 1. The minimum Gasteiger partial charge on any atom is -0.497 e. The summed E-state index contributed by atoms with van der Waals surface area (Å²) >= 11 is 1.52. The predicted octanol–water partition coefficient (Wildman–Crippen LogP) is 6.76. The summed E-state index contributed by atoms with van der Waals surface area (Å²) < 4.78 is 13.0. The Morgan fingerprint density at radius 3 is 2.36 bits per heavy atom. The maximum absolute atomic E-state index is 13.4. The molecule has 2 unspecified atom stereocenters. The van der Waals surface area contributed by atoms with E-state index in [9.17, 15) is 9.59 Å². The highest BCUT2D eigenvalue weighted by atomic mass is 32.2. The molecular weight excluding hydrogens is 586 g/mol. The van der Waals surface area contributed by atoms with Gasteiger partial charge in [0.25, 0.3) is 0 Å². The van der Waals surface area contributed by atoms with Crippen molar-refractivity contribution < 1.29 is 19.1 Å². The lowest BCUT2D eigenvalue weighted by molar-refractivity contribution is -0.107. The molecule has 5 rings (SSSR count). The molecule has 0 radical (unpaired) electrons. The summed E-state index contributed by atoms with van der Waals surface area (Å²) in [5, 5.41) is 5.36. The Hall–Kier alpha value is -3.24. The highest BCUT2D eigenvalue weighted by Crippen LogP contribution is 2.48. The molecule has 2 atom stereocenters. The number of piperidine rings is 1. The van der Waals surface area contributed by atoms with Crippen LogP contribution in [0.1, 0.15) is 82.7 Å². The summed E-state index contributed by atoms with van der Waals surface area (Å²) in [6, 6.07) is 4.12. The Kier molecular flexibility index (Phi) is 12.8. The molecule has 2 aromatic rings. The molecule has 2 fully saturated rings. The van der Waals surface area contributed by atoms with E-state index < -0.39 is 0 Å². The number of aromatic nitrogens is 2.